The van der Waals surface area contributed by atoms with Crippen molar-refractivity contribution in [2.75, 3.05) is 13.7 Å². The van der Waals surface area contributed by atoms with Crippen LogP contribution in [0.4, 0.5) is 0 Å². The van der Waals surface area contributed by atoms with E-state index >= 15 is 0 Å². The number of hydrogen-bond acceptors (Lipinski definition) is 2. The van der Waals surface area contributed by atoms with Gasteiger partial charge in [-0.05, 0) is 6.42 Å². The van der Waals surface area contributed by atoms with Crippen LogP contribution in [0.15, 0.2) is 11.6 Å². The lowest BCUT2D eigenvalue weighted by atomic mass is 9.64. The lowest BCUT2D eigenvalue weighted by Crippen LogP contribution is -2.60. The van der Waals surface area contributed by atoms with Crippen LogP contribution in [-0.4, -0.2) is 25.8 Å². The molecule has 1 saturated carbocycles. The van der Waals surface area contributed by atoms with E-state index in [1.807, 2.05) is 6.08 Å². The third-order valence-corrected chi connectivity index (χ3v) is 3.21. The smallest absolute Gasteiger partial charge is 0.0652 e. The molecule has 1 aliphatic rings. The Labute approximate surface area is 85.3 Å². The highest BCUT2D eigenvalue weighted by Gasteiger charge is 2.47. The van der Waals surface area contributed by atoms with Gasteiger partial charge in [-0.25, -0.2) is 0 Å². The summed E-state index contributed by atoms with van der Waals surface area (Å²) in [7, 11) is 1.78. The Balaban J connectivity index is 2.31. The number of ether oxygens (including phenoxy) is 1. The summed E-state index contributed by atoms with van der Waals surface area (Å²) in [4.78, 5) is 0. The van der Waals surface area contributed by atoms with E-state index in [0.717, 1.165) is 13.0 Å². The zero-order chi connectivity index (χ0) is 9.90. The van der Waals surface area contributed by atoms with Gasteiger partial charge < -0.3 is 10.1 Å². The van der Waals surface area contributed by atoms with Gasteiger partial charge >= 0.3 is 0 Å². The molecule has 13 heavy (non-hydrogen) atoms. The first kappa shape index (κ1) is 11.0. The fourth-order valence-electron chi connectivity index (χ4n) is 1.89. The van der Waals surface area contributed by atoms with Gasteiger partial charge in [0, 0.05) is 30.6 Å². The van der Waals surface area contributed by atoms with Gasteiger partial charge in [0.25, 0.3) is 0 Å². The van der Waals surface area contributed by atoms with Crippen molar-refractivity contribution in [2.45, 2.75) is 32.4 Å². The van der Waals surface area contributed by atoms with E-state index in [2.05, 4.69) is 19.2 Å². The first-order valence-corrected chi connectivity index (χ1v) is 5.08. The molecule has 0 saturated heterocycles. The summed E-state index contributed by atoms with van der Waals surface area (Å²) in [6, 6.07) is 0.547. The Bertz CT molecular complexity index is 191. The molecule has 0 spiro atoms. The molecule has 2 nitrogen and oxygen atoms in total. The lowest BCUT2D eigenvalue weighted by molar-refractivity contribution is -0.0964. The Morgan fingerprint density at radius 3 is 2.77 bits per heavy atom. The van der Waals surface area contributed by atoms with Gasteiger partial charge in [0.15, 0.2) is 0 Å². The number of hydrogen-bond donors (Lipinski definition) is 1. The van der Waals surface area contributed by atoms with Crippen molar-refractivity contribution in [3.8, 4) is 0 Å². The van der Waals surface area contributed by atoms with Crippen molar-refractivity contribution >= 4 is 11.6 Å². The van der Waals surface area contributed by atoms with Crippen LogP contribution < -0.4 is 5.32 Å². The van der Waals surface area contributed by atoms with Crippen molar-refractivity contribution in [1.29, 1.82) is 0 Å². The summed E-state index contributed by atoms with van der Waals surface area (Å²) in [5, 5.41) is 3.42. The Kier molecular flexibility index (Phi) is 3.77. The molecule has 0 bridgehead atoms. The summed E-state index contributed by atoms with van der Waals surface area (Å²) in [6.07, 6.45) is 3.40. The molecule has 1 fully saturated rings. The molecular formula is C10H18ClNO. The van der Waals surface area contributed by atoms with Crippen molar-refractivity contribution in [1.82, 2.24) is 5.32 Å². The molecule has 3 heteroatoms. The second kappa shape index (κ2) is 4.45. The van der Waals surface area contributed by atoms with Crippen LogP contribution >= 0.6 is 11.6 Å². The van der Waals surface area contributed by atoms with Gasteiger partial charge in [-0.3, -0.25) is 0 Å². The third-order valence-electron chi connectivity index (χ3n) is 3.03. The van der Waals surface area contributed by atoms with Gasteiger partial charge in [0.05, 0.1) is 6.10 Å². The third kappa shape index (κ3) is 2.25. The average molecular weight is 204 g/mol. The van der Waals surface area contributed by atoms with E-state index in [9.17, 15) is 0 Å². The molecule has 2 unspecified atom stereocenters. The first-order chi connectivity index (χ1) is 6.12. The normalized spacial score (nSPS) is 32.0. The summed E-state index contributed by atoms with van der Waals surface area (Å²) in [5.41, 5.74) is 1.79. The summed E-state index contributed by atoms with van der Waals surface area (Å²) >= 11 is 5.43. The molecule has 1 rings (SSSR count). The van der Waals surface area contributed by atoms with E-state index in [4.69, 9.17) is 16.3 Å². The van der Waals surface area contributed by atoms with Crippen LogP contribution in [0.2, 0.25) is 0 Å². The van der Waals surface area contributed by atoms with Crippen LogP contribution in [0.1, 0.15) is 20.3 Å². The molecule has 0 aliphatic heterocycles. The molecular weight excluding hydrogens is 186 g/mol. The molecule has 0 heterocycles. The van der Waals surface area contributed by atoms with E-state index in [1.54, 1.807) is 12.6 Å². The fraction of sp³-hybridized carbons (Fsp3) is 0.800. The maximum atomic E-state index is 5.43. The number of methoxy groups -OCH3 is 1. The summed E-state index contributed by atoms with van der Waals surface area (Å²) in [5.74, 6) is 0. The highest BCUT2D eigenvalue weighted by atomic mass is 35.5. The van der Waals surface area contributed by atoms with E-state index in [1.165, 1.54) is 0 Å². The maximum absolute atomic E-state index is 5.43. The van der Waals surface area contributed by atoms with Crippen molar-refractivity contribution in [2.24, 2.45) is 5.41 Å². The largest absolute Gasteiger partial charge is 0.381 e. The molecule has 0 radical (unpaired) electrons. The topological polar surface area (TPSA) is 21.3 Å². The van der Waals surface area contributed by atoms with Crippen LogP contribution in [0.25, 0.3) is 0 Å². The van der Waals surface area contributed by atoms with E-state index in [0.29, 0.717) is 12.1 Å². The van der Waals surface area contributed by atoms with Crippen LogP contribution in [-0.2, 0) is 4.74 Å². The molecule has 76 valence electrons. The van der Waals surface area contributed by atoms with Gasteiger partial charge in [0.1, 0.15) is 0 Å². The van der Waals surface area contributed by atoms with Crippen LogP contribution in [0, 0.1) is 5.41 Å². The van der Waals surface area contributed by atoms with Gasteiger partial charge in [-0.15, -0.1) is 0 Å². The SMILES string of the molecule is COC1CC(NC/C=C/Cl)C1(C)C. The average Bonchev–Trinajstić information content (AvgIpc) is 2.10. The fourth-order valence-corrected chi connectivity index (χ4v) is 1.98. The predicted molar refractivity (Wildman–Crippen MR) is 56.0 cm³/mol. The lowest BCUT2D eigenvalue weighted by Gasteiger charge is -2.51. The summed E-state index contributed by atoms with van der Waals surface area (Å²) < 4.78 is 5.35. The number of nitrogens with one attached hydrogen (secondary N) is 1. The van der Waals surface area contributed by atoms with Crippen molar-refractivity contribution in [3.63, 3.8) is 0 Å². The molecule has 2 atom stereocenters. The van der Waals surface area contributed by atoms with Crippen LogP contribution in [0.3, 0.4) is 0 Å². The predicted octanol–water partition coefficient (Wildman–Crippen LogP) is 2.14. The molecule has 0 aromatic heterocycles. The molecule has 1 aliphatic carbocycles. The van der Waals surface area contributed by atoms with E-state index < -0.39 is 0 Å². The second-order valence-electron chi connectivity index (χ2n) is 4.10. The highest BCUT2D eigenvalue weighted by molar-refractivity contribution is 6.25. The monoisotopic (exact) mass is 203 g/mol. The molecule has 0 aromatic rings. The Morgan fingerprint density at radius 1 is 1.62 bits per heavy atom. The van der Waals surface area contributed by atoms with Gasteiger partial charge in [0.2, 0.25) is 0 Å². The quantitative estimate of drug-likeness (QED) is 0.756. The van der Waals surface area contributed by atoms with Gasteiger partial charge in [-0.1, -0.05) is 31.5 Å². The van der Waals surface area contributed by atoms with Crippen LogP contribution in [0.5, 0.6) is 0 Å². The minimum atomic E-state index is 0.245. The molecule has 1 N–H and O–H groups in total. The number of rotatable bonds is 4. The highest BCUT2D eigenvalue weighted by Crippen LogP contribution is 2.42. The summed E-state index contributed by atoms with van der Waals surface area (Å²) in [6.45, 7) is 5.30. The van der Waals surface area contributed by atoms with Gasteiger partial charge in [-0.2, -0.15) is 0 Å². The maximum Gasteiger partial charge on any atom is 0.0652 e. The second-order valence-corrected chi connectivity index (χ2v) is 4.36. The zero-order valence-electron chi connectivity index (χ0n) is 8.51. The van der Waals surface area contributed by atoms with Crippen molar-refractivity contribution < 1.29 is 4.74 Å². The minimum absolute atomic E-state index is 0.245. The Morgan fingerprint density at radius 2 is 2.31 bits per heavy atom. The number of halogens is 1. The standard InChI is InChI=1S/C10H18ClNO/c1-10(2)8(7-9(10)13-3)12-6-4-5-11/h4-5,8-9,12H,6-7H2,1-3H3/b5-4+. The Hall–Kier alpha value is -0.0500. The van der Waals surface area contributed by atoms with Crippen molar-refractivity contribution in [3.05, 3.63) is 11.6 Å². The van der Waals surface area contributed by atoms with E-state index in [-0.39, 0.29) is 5.41 Å². The first-order valence-electron chi connectivity index (χ1n) is 4.64. The molecule has 0 amide bonds. The molecule has 0 aromatic carbocycles. The zero-order valence-corrected chi connectivity index (χ0v) is 9.27. The minimum Gasteiger partial charge on any atom is -0.381 e.